The Labute approximate surface area is 166 Å². The van der Waals surface area contributed by atoms with E-state index in [0.717, 1.165) is 15.5 Å². The molecule has 0 atom stereocenters. The highest BCUT2D eigenvalue weighted by molar-refractivity contribution is 9.10. The number of carbonyl (C=O) groups is 2. The molecule has 2 rings (SSSR count). The maximum Gasteiger partial charge on any atom is 0.356 e. The van der Waals surface area contributed by atoms with E-state index in [1.54, 1.807) is 13.0 Å². The summed E-state index contributed by atoms with van der Waals surface area (Å²) in [5, 5.41) is 0. The van der Waals surface area contributed by atoms with Crippen molar-refractivity contribution in [3.05, 3.63) is 45.4 Å². The second kappa shape index (κ2) is 8.68. The molecule has 0 saturated carbocycles. The Morgan fingerprint density at radius 1 is 1.31 bits per heavy atom. The van der Waals surface area contributed by atoms with Gasteiger partial charge in [0.1, 0.15) is 6.54 Å². The summed E-state index contributed by atoms with van der Waals surface area (Å²) in [6.45, 7) is 7.56. The number of nitrogens with zero attached hydrogens (tertiary/aromatic N) is 3. The van der Waals surface area contributed by atoms with Crippen LogP contribution in [0.4, 0.5) is 5.69 Å². The maximum atomic E-state index is 12.7. The van der Waals surface area contributed by atoms with Gasteiger partial charge >= 0.3 is 5.97 Å². The molecule has 2 aromatic rings. The highest BCUT2D eigenvalue weighted by Gasteiger charge is 2.25. The molecule has 140 valence electrons. The monoisotopic (exact) mass is 441 g/mol. The summed E-state index contributed by atoms with van der Waals surface area (Å²) >= 11 is 9.59. The van der Waals surface area contributed by atoms with Gasteiger partial charge in [-0.1, -0.05) is 24.6 Å². The van der Waals surface area contributed by atoms with Crippen molar-refractivity contribution in [3.8, 4) is 0 Å². The lowest BCUT2D eigenvalue weighted by atomic mass is 10.1. The molecule has 0 aliphatic carbocycles. The normalized spacial score (nSPS) is 10.7. The molecule has 0 spiro atoms. The van der Waals surface area contributed by atoms with Crippen LogP contribution < -0.4 is 4.42 Å². The van der Waals surface area contributed by atoms with Crippen LogP contribution in [0.15, 0.2) is 22.9 Å². The molecular weight excluding hydrogens is 422 g/mol. The van der Waals surface area contributed by atoms with Crippen LogP contribution in [-0.2, 0) is 22.5 Å². The molecule has 1 amide bonds. The van der Waals surface area contributed by atoms with Gasteiger partial charge in [0.05, 0.1) is 18.0 Å². The molecule has 0 radical (unpaired) electrons. The van der Waals surface area contributed by atoms with Crippen molar-refractivity contribution < 1.29 is 14.3 Å². The SMILES string of the molecule is CCOC(=O)c1c(CC)nc(Br)n1CC(=O)N(Cl)c1ccc(C)cc1C. The van der Waals surface area contributed by atoms with E-state index < -0.39 is 5.97 Å². The summed E-state index contributed by atoms with van der Waals surface area (Å²) in [5.41, 5.74) is 3.40. The van der Waals surface area contributed by atoms with Crippen molar-refractivity contribution in [2.24, 2.45) is 0 Å². The first-order valence-corrected chi connectivity index (χ1v) is 9.41. The molecule has 0 N–H and O–H groups in total. The van der Waals surface area contributed by atoms with Gasteiger partial charge in [-0.15, -0.1) is 0 Å². The minimum atomic E-state index is -0.511. The molecule has 8 heteroatoms. The fourth-order valence-corrected chi connectivity index (χ4v) is 3.41. The van der Waals surface area contributed by atoms with E-state index in [4.69, 9.17) is 16.5 Å². The third kappa shape index (κ3) is 4.27. The van der Waals surface area contributed by atoms with E-state index >= 15 is 0 Å². The summed E-state index contributed by atoms with van der Waals surface area (Å²) in [5.74, 6) is -0.895. The maximum absolute atomic E-state index is 12.7. The van der Waals surface area contributed by atoms with E-state index in [0.29, 0.717) is 22.5 Å². The standard InChI is InChI=1S/C18H21BrClN3O3/c1-5-13-16(17(25)26-6-2)22(18(19)21-13)10-15(24)23(20)14-8-7-11(3)9-12(14)4/h7-9H,5-6,10H2,1-4H3. The van der Waals surface area contributed by atoms with E-state index in [-0.39, 0.29) is 24.8 Å². The van der Waals surface area contributed by atoms with Crippen LogP contribution in [0.1, 0.15) is 41.2 Å². The van der Waals surface area contributed by atoms with Crippen LogP contribution in [0.3, 0.4) is 0 Å². The third-order valence-electron chi connectivity index (χ3n) is 3.87. The number of anilines is 1. The van der Waals surface area contributed by atoms with Gasteiger partial charge in [0.2, 0.25) is 0 Å². The molecule has 1 aromatic carbocycles. The highest BCUT2D eigenvalue weighted by Crippen LogP contribution is 2.25. The number of hydrogen-bond acceptors (Lipinski definition) is 4. The lowest BCUT2D eigenvalue weighted by Crippen LogP contribution is -2.28. The van der Waals surface area contributed by atoms with Gasteiger partial charge in [0.25, 0.3) is 5.91 Å². The molecule has 0 fully saturated rings. The van der Waals surface area contributed by atoms with Crippen molar-refractivity contribution >= 4 is 45.3 Å². The molecule has 1 aromatic heterocycles. The minimum Gasteiger partial charge on any atom is -0.461 e. The van der Waals surface area contributed by atoms with Gasteiger partial charge in [-0.2, -0.15) is 0 Å². The van der Waals surface area contributed by atoms with E-state index in [1.165, 1.54) is 4.57 Å². The van der Waals surface area contributed by atoms with Gasteiger partial charge < -0.3 is 9.30 Å². The molecule has 0 saturated heterocycles. The van der Waals surface area contributed by atoms with Gasteiger partial charge in [-0.05, 0) is 54.8 Å². The zero-order chi connectivity index (χ0) is 19.4. The second-order valence-corrected chi connectivity index (χ2v) is 6.85. The predicted molar refractivity (Wildman–Crippen MR) is 105 cm³/mol. The Balaban J connectivity index is 2.33. The number of halogens is 2. The zero-order valence-corrected chi connectivity index (χ0v) is 17.5. The van der Waals surface area contributed by atoms with Crippen molar-refractivity contribution in [2.75, 3.05) is 11.0 Å². The smallest absolute Gasteiger partial charge is 0.356 e. The predicted octanol–water partition coefficient (Wildman–Crippen LogP) is 4.19. The lowest BCUT2D eigenvalue weighted by molar-refractivity contribution is -0.118. The summed E-state index contributed by atoms with van der Waals surface area (Å²) in [7, 11) is 0. The lowest BCUT2D eigenvalue weighted by Gasteiger charge is -2.18. The topological polar surface area (TPSA) is 64.4 Å². The van der Waals surface area contributed by atoms with Gasteiger partial charge in [0, 0.05) is 11.8 Å². The first-order chi connectivity index (χ1) is 12.3. The van der Waals surface area contributed by atoms with Crippen molar-refractivity contribution in [1.29, 1.82) is 0 Å². The molecule has 6 nitrogen and oxygen atoms in total. The fraction of sp³-hybridized carbons (Fsp3) is 0.389. The van der Waals surface area contributed by atoms with Crippen LogP contribution in [-0.4, -0.2) is 28.0 Å². The largest absolute Gasteiger partial charge is 0.461 e. The summed E-state index contributed by atoms with van der Waals surface area (Å²) in [6.07, 6.45) is 0.537. The van der Waals surface area contributed by atoms with Crippen LogP contribution in [0.2, 0.25) is 0 Å². The molecule has 0 aliphatic heterocycles. The highest BCUT2D eigenvalue weighted by atomic mass is 79.9. The number of ether oxygens (including phenoxy) is 1. The Morgan fingerprint density at radius 2 is 2.00 bits per heavy atom. The fourth-order valence-electron chi connectivity index (χ4n) is 2.65. The van der Waals surface area contributed by atoms with Crippen molar-refractivity contribution in [3.63, 3.8) is 0 Å². The van der Waals surface area contributed by atoms with Crippen LogP contribution in [0.5, 0.6) is 0 Å². The van der Waals surface area contributed by atoms with E-state index in [2.05, 4.69) is 20.9 Å². The van der Waals surface area contributed by atoms with Crippen molar-refractivity contribution in [1.82, 2.24) is 9.55 Å². The Kier molecular flexibility index (Phi) is 6.83. The number of amides is 1. The number of aryl methyl sites for hydroxylation is 3. The molecule has 26 heavy (non-hydrogen) atoms. The Morgan fingerprint density at radius 3 is 2.58 bits per heavy atom. The third-order valence-corrected chi connectivity index (χ3v) is 4.85. The molecule has 0 unspecified atom stereocenters. The molecule has 1 heterocycles. The minimum absolute atomic E-state index is 0.140. The number of esters is 1. The number of aromatic nitrogens is 2. The first-order valence-electron chi connectivity index (χ1n) is 8.28. The quantitative estimate of drug-likeness (QED) is 0.497. The van der Waals surface area contributed by atoms with Crippen LogP contribution in [0.25, 0.3) is 0 Å². The summed E-state index contributed by atoms with van der Waals surface area (Å²) < 4.78 is 8.05. The van der Waals surface area contributed by atoms with Crippen molar-refractivity contribution in [2.45, 2.75) is 40.7 Å². The Hall–Kier alpha value is -1.86. The average molecular weight is 443 g/mol. The molecular formula is C18H21BrClN3O3. The number of rotatable bonds is 6. The average Bonchev–Trinajstić information content (AvgIpc) is 2.90. The number of hydrogen-bond donors (Lipinski definition) is 0. The van der Waals surface area contributed by atoms with Crippen LogP contribution >= 0.6 is 27.7 Å². The molecule has 0 aliphatic rings. The number of imidazole rings is 1. The van der Waals surface area contributed by atoms with E-state index in [9.17, 15) is 9.59 Å². The summed E-state index contributed by atoms with van der Waals surface area (Å²) in [4.78, 5) is 29.3. The van der Waals surface area contributed by atoms with Gasteiger partial charge in [-0.25, -0.2) is 14.2 Å². The number of benzene rings is 1. The first kappa shape index (κ1) is 20.5. The summed E-state index contributed by atoms with van der Waals surface area (Å²) in [6, 6.07) is 5.63. The van der Waals surface area contributed by atoms with Gasteiger partial charge in [0.15, 0.2) is 10.4 Å². The second-order valence-electron chi connectivity index (χ2n) is 5.80. The molecule has 0 bridgehead atoms. The zero-order valence-electron chi connectivity index (χ0n) is 15.2. The van der Waals surface area contributed by atoms with Crippen LogP contribution in [0, 0.1) is 13.8 Å². The van der Waals surface area contributed by atoms with E-state index in [1.807, 2.05) is 32.9 Å². The number of carbonyl (C=O) groups excluding carboxylic acids is 2. The Bertz CT molecular complexity index is 835. The van der Waals surface area contributed by atoms with Gasteiger partial charge in [-0.3, -0.25) is 4.79 Å².